The molecule has 2 fully saturated rings. The highest BCUT2D eigenvalue weighted by Gasteiger charge is 2.44. The van der Waals surface area contributed by atoms with Crippen LogP contribution in [0.2, 0.25) is 5.02 Å². The highest BCUT2D eigenvalue weighted by Crippen LogP contribution is 2.49. The van der Waals surface area contributed by atoms with Crippen LogP contribution in [0.4, 0.5) is 11.4 Å². The monoisotopic (exact) mass is 295 g/mol. The molecule has 108 valence electrons. The zero-order valence-electron chi connectivity index (χ0n) is 11.2. The first-order chi connectivity index (χ1) is 9.49. The number of non-ortho nitro benzene ring substituents is 1. The Bertz CT molecular complexity index is 533. The van der Waals surface area contributed by atoms with Gasteiger partial charge in [-0.1, -0.05) is 11.6 Å². The minimum absolute atomic E-state index is 0.0391. The molecule has 5 nitrogen and oxygen atoms in total. The second kappa shape index (κ2) is 4.90. The summed E-state index contributed by atoms with van der Waals surface area (Å²) in [4.78, 5) is 12.5. The van der Waals surface area contributed by atoms with Gasteiger partial charge in [-0.25, -0.2) is 0 Å². The number of rotatable bonds is 2. The van der Waals surface area contributed by atoms with Crippen LogP contribution in [0.15, 0.2) is 18.2 Å². The Morgan fingerprint density at radius 3 is 2.50 bits per heavy atom. The summed E-state index contributed by atoms with van der Waals surface area (Å²) in [5.41, 5.74) is 7.29. The van der Waals surface area contributed by atoms with Crippen LogP contribution in [0.25, 0.3) is 0 Å². The van der Waals surface area contributed by atoms with Crippen LogP contribution in [-0.4, -0.2) is 24.1 Å². The Hall–Kier alpha value is -1.33. The Morgan fingerprint density at radius 2 is 2.00 bits per heavy atom. The normalized spacial score (nSPS) is 21.8. The lowest BCUT2D eigenvalue weighted by molar-refractivity contribution is -0.384. The van der Waals surface area contributed by atoms with E-state index in [1.54, 1.807) is 6.07 Å². The number of anilines is 1. The van der Waals surface area contributed by atoms with E-state index in [4.69, 9.17) is 17.3 Å². The molecule has 1 aromatic rings. The predicted octanol–water partition coefficient (Wildman–Crippen LogP) is 2.96. The van der Waals surface area contributed by atoms with Crippen molar-refractivity contribution in [1.82, 2.24) is 0 Å². The quantitative estimate of drug-likeness (QED) is 0.672. The second-order valence-corrected chi connectivity index (χ2v) is 6.46. The Kier molecular flexibility index (Phi) is 3.34. The summed E-state index contributed by atoms with van der Waals surface area (Å²) in [5.74, 6) is 0. The summed E-state index contributed by atoms with van der Waals surface area (Å²) >= 11 is 6.18. The van der Waals surface area contributed by atoms with Crippen LogP contribution < -0.4 is 10.6 Å². The van der Waals surface area contributed by atoms with Gasteiger partial charge in [0.25, 0.3) is 5.69 Å². The summed E-state index contributed by atoms with van der Waals surface area (Å²) in [5, 5.41) is 11.2. The smallest absolute Gasteiger partial charge is 0.271 e. The van der Waals surface area contributed by atoms with Gasteiger partial charge in [-0.15, -0.1) is 0 Å². The summed E-state index contributed by atoms with van der Waals surface area (Å²) in [6.07, 6.45) is 4.53. The number of nitrogens with two attached hydrogens (primary N) is 1. The third-order valence-corrected chi connectivity index (χ3v) is 5.00. The molecule has 6 heteroatoms. The van der Waals surface area contributed by atoms with Crippen LogP contribution in [0.5, 0.6) is 0 Å². The maximum Gasteiger partial charge on any atom is 0.271 e. The number of nitro groups is 1. The van der Waals surface area contributed by atoms with Crippen LogP contribution in [-0.2, 0) is 0 Å². The van der Waals surface area contributed by atoms with Gasteiger partial charge >= 0.3 is 0 Å². The maximum absolute atomic E-state index is 10.7. The largest absolute Gasteiger partial charge is 0.370 e. The molecule has 0 bridgehead atoms. The second-order valence-electron chi connectivity index (χ2n) is 6.05. The van der Waals surface area contributed by atoms with Gasteiger partial charge in [0.2, 0.25) is 0 Å². The van der Waals surface area contributed by atoms with Crippen molar-refractivity contribution in [3.63, 3.8) is 0 Å². The molecule has 3 rings (SSSR count). The van der Waals surface area contributed by atoms with E-state index in [1.165, 1.54) is 12.1 Å². The molecule has 0 aromatic heterocycles. The van der Waals surface area contributed by atoms with Gasteiger partial charge in [0, 0.05) is 31.3 Å². The van der Waals surface area contributed by atoms with E-state index in [1.807, 2.05) is 0 Å². The van der Waals surface area contributed by atoms with Crippen molar-refractivity contribution in [3.8, 4) is 0 Å². The number of piperidine rings is 1. The first-order valence-electron chi connectivity index (χ1n) is 6.94. The molecule has 2 N–H and O–H groups in total. The first-order valence-corrected chi connectivity index (χ1v) is 7.31. The lowest BCUT2D eigenvalue weighted by atomic mass is 9.60. The fourth-order valence-electron chi connectivity index (χ4n) is 3.55. The Morgan fingerprint density at radius 1 is 1.35 bits per heavy atom. The van der Waals surface area contributed by atoms with Gasteiger partial charge in [0.05, 0.1) is 15.6 Å². The number of nitro benzene ring substituents is 1. The molecule has 0 atom stereocenters. The molecule has 20 heavy (non-hydrogen) atoms. The number of benzene rings is 1. The van der Waals surface area contributed by atoms with Crippen LogP contribution in [0.3, 0.4) is 0 Å². The fraction of sp³-hybridized carbons (Fsp3) is 0.571. The van der Waals surface area contributed by atoms with Gasteiger partial charge in [0.1, 0.15) is 0 Å². The van der Waals surface area contributed by atoms with Crippen LogP contribution in [0, 0.1) is 15.5 Å². The van der Waals surface area contributed by atoms with Crippen molar-refractivity contribution in [2.24, 2.45) is 11.1 Å². The van der Waals surface area contributed by atoms with Gasteiger partial charge in [-0.05, 0) is 37.2 Å². The van der Waals surface area contributed by atoms with E-state index in [2.05, 4.69) is 4.90 Å². The molecule has 1 aromatic carbocycles. The molecule has 1 aliphatic heterocycles. The molecule has 1 aliphatic carbocycles. The predicted molar refractivity (Wildman–Crippen MR) is 79.2 cm³/mol. The van der Waals surface area contributed by atoms with E-state index in [-0.39, 0.29) is 5.69 Å². The summed E-state index contributed by atoms with van der Waals surface area (Å²) in [6.45, 7) is 1.90. The SMILES string of the molecule is NC1CC2(CCN(c3ccc([N+](=O)[O-])cc3Cl)CC2)C1. The number of hydrogen-bond donors (Lipinski definition) is 1. The minimum atomic E-state index is -0.420. The van der Waals surface area contributed by atoms with Gasteiger partial charge < -0.3 is 10.6 Å². The lowest BCUT2D eigenvalue weighted by Crippen LogP contribution is -2.52. The lowest BCUT2D eigenvalue weighted by Gasteiger charge is -2.51. The Balaban J connectivity index is 1.70. The van der Waals surface area contributed by atoms with Gasteiger partial charge in [-0.2, -0.15) is 0 Å². The van der Waals surface area contributed by atoms with Crippen LogP contribution >= 0.6 is 11.6 Å². The molecular formula is C14H18ClN3O2. The van der Waals surface area contributed by atoms with E-state index < -0.39 is 4.92 Å². The van der Waals surface area contributed by atoms with Gasteiger partial charge in [-0.3, -0.25) is 10.1 Å². The fourth-order valence-corrected chi connectivity index (χ4v) is 3.84. The number of hydrogen-bond acceptors (Lipinski definition) is 4. The zero-order chi connectivity index (χ0) is 14.3. The van der Waals surface area contributed by atoms with Crippen molar-refractivity contribution in [3.05, 3.63) is 33.3 Å². The molecule has 0 unspecified atom stereocenters. The molecular weight excluding hydrogens is 278 g/mol. The topological polar surface area (TPSA) is 72.4 Å². The molecule has 0 amide bonds. The van der Waals surface area contributed by atoms with E-state index in [0.717, 1.165) is 44.5 Å². The highest BCUT2D eigenvalue weighted by molar-refractivity contribution is 6.33. The molecule has 0 radical (unpaired) electrons. The van der Waals surface area contributed by atoms with Gasteiger partial charge in [0.15, 0.2) is 0 Å². The summed E-state index contributed by atoms with van der Waals surface area (Å²) in [6, 6.07) is 5.08. The van der Waals surface area contributed by atoms with Crippen molar-refractivity contribution in [2.45, 2.75) is 31.7 Å². The van der Waals surface area contributed by atoms with Crippen LogP contribution in [0.1, 0.15) is 25.7 Å². The maximum atomic E-state index is 10.7. The first kappa shape index (κ1) is 13.6. The Labute approximate surface area is 122 Å². The molecule has 1 heterocycles. The standard InChI is InChI=1S/C14H18ClN3O2/c15-12-7-11(18(19)20)1-2-13(12)17-5-3-14(4-6-17)8-10(16)9-14/h1-2,7,10H,3-6,8-9,16H2. The highest BCUT2D eigenvalue weighted by atomic mass is 35.5. The third kappa shape index (κ3) is 2.36. The zero-order valence-corrected chi connectivity index (χ0v) is 12.0. The summed E-state index contributed by atoms with van der Waals surface area (Å²) < 4.78 is 0. The van der Waals surface area contributed by atoms with Crippen molar-refractivity contribution in [1.29, 1.82) is 0 Å². The van der Waals surface area contributed by atoms with E-state index in [0.29, 0.717) is 16.5 Å². The molecule has 1 spiro atoms. The molecule has 2 aliphatic rings. The summed E-state index contributed by atoms with van der Waals surface area (Å²) in [7, 11) is 0. The average molecular weight is 296 g/mol. The molecule has 1 saturated carbocycles. The van der Waals surface area contributed by atoms with E-state index in [9.17, 15) is 10.1 Å². The molecule has 1 saturated heterocycles. The average Bonchev–Trinajstić information content (AvgIpc) is 2.38. The van der Waals surface area contributed by atoms with E-state index >= 15 is 0 Å². The number of halogens is 1. The van der Waals surface area contributed by atoms with Crippen molar-refractivity contribution in [2.75, 3.05) is 18.0 Å². The van der Waals surface area contributed by atoms with Crippen molar-refractivity contribution >= 4 is 23.0 Å². The third-order valence-electron chi connectivity index (χ3n) is 4.70. The number of nitrogens with zero attached hydrogens (tertiary/aromatic N) is 2. The minimum Gasteiger partial charge on any atom is -0.370 e. The van der Waals surface area contributed by atoms with Crippen molar-refractivity contribution < 1.29 is 4.92 Å².